The summed E-state index contributed by atoms with van der Waals surface area (Å²) in [4.78, 5) is 6.81. The minimum absolute atomic E-state index is 0.0278. The normalized spacial score (nSPS) is 15.9. The molecule has 156 valence electrons. The molecule has 1 aliphatic heterocycles. The maximum atomic E-state index is 5.42. The predicted molar refractivity (Wildman–Crippen MR) is 120 cm³/mol. The van der Waals surface area contributed by atoms with Crippen molar-refractivity contribution in [3.63, 3.8) is 0 Å². The van der Waals surface area contributed by atoms with Crippen molar-refractivity contribution in [3.8, 4) is 0 Å². The smallest absolute Gasteiger partial charge is 0.191 e. The number of nitrogens with one attached hydrogen (secondary N) is 2. The standard InChI is InChI=1S/C24H34N4O/c1-24(2,22-7-5-4-6-8-22)19-27-23(25-3)26-17-20-9-11-21(12-10-20)18-28-13-15-29-16-14-28/h4-12H,13-19H2,1-3H3,(H2,25,26,27). The summed E-state index contributed by atoms with van der Waals surface area (Å²) in [6.07, 6.45) is 0. The summed E-state index contributed by atoms with van der Waals surface area (Å²) in [5.74, 6) is 0.825. The first kappa shape index (κ1) is 21.3. The van der Waals surface area contributed by atoms with E-state index in [1.807, 2.05) is 7.05 Å². The van der Waals surface area contributed by atoms with Gasteiger partial charge < -0.3 is 15.4 Å². The molecule has 0 atom stereocenters. The van der Waals surface area contributed by atoms with E-state index in [0.717, 1.165) is 51.9 Å². The van der Waals surface area contributed by atoms with Gasteiger partial charge in [0.25, 0.3) is 0 Å². The minimum Gasteiger partial charge on any atom is -0.379 e. The zero-order chi connectivity index (χ0) is 20.5. The number of benzene rings is 2. The van der Waals surface area contributed by atoms with Crippen molar-refractivity contribution >= 4 is 5.96 Å². The largest absolute Gasteiger partial charge is 0.379 e. The molecular formula is C24H34N4O. The molecule has 1 fully saturated rings. The van der Waals surface area contributed by atoms with Crippen LogP contribution in [0.2, 0.25) is 0 Å². The molecule has 2 N–H and O–H groups in total. The topological polar surface area (TPSA) is 48.9 Å². The van der Waals surface area contributed by atoms with E-state index in [4.69, 9.17) is 4.74 Å². The van der Waals surface area contributed by atoms with Gasteiger partial charge in [0.05, 0.1) is 13.2 Å². The van der Waals surface area contributed by atoms with Crippen LogP contribution in [0.3, 0.4) is 0 Å². The first-order valence-electron chi connectivity index (χ1n) is 10.4. The first-order valence-corrected chi connectivity index (χ1v) is 10.4. The number of rotatable bonds is 7. The SMILES string of the molecule is CN=C(NCc1ccc(CN2CCOCC2)cc1)NCC(C)(C)c1ccccc1. The van der Waals surface area contributed by atoms with E-state index in [0.29, 0.717) is 0 Å². The molecule has 5 nitrogen and oxygen atoms in total. The van der Waals surface area contributed by atoms with E-state index in [1.165, 1.54) is 16.7 Å². The van der Waals surface area contributed by atoms with Gasteiger partial charge in [-0.15, -0.1) is 0 Å². The average molecular weight is 395 g/mol. The summed E-state index contributed by atoms with van der Waals surface area (Å²) in [5.41, 5.74) is 3.95. The third-order valence-corrected chi connectivity index (χ3v) is 5.47. The molecule has 3 rings (SSSR count). The van der Waals surface area contributed by atoms with Crippen molar-refractivity contribution in [2.24, 2.45) is 4.99 Å². The van der Waals surface area contributed by atoms with Gasteiger partial charge in [0, 0.05) is 45.2 Å². The van der Waals surface area contributed by atoms with E-state index in [1.54, 1.807) is 0 Å². The molecule has 1 aliphatic rings. The number of ether oxygens (including phenoxy) is 1. The molecule has 1 heterocycles. The molecule has 0 radical (unpaired) electrons. The Morgan fingerprint density at radius 1 is 0.966 bits per heavy atom. The van der Waals surface area contributed by atoms with Crippen LogP contribution in [0, 0.1) is 0 Å². The maximum absolute atomic E-state index is 5.42. The van der Waals surface area contributed by atoms with E-state index < -0.39 is 0 Å². The van der Waals surface area contributed by atoms with Gasteiger partial charge in [0.2, 0.25) is 0 Å². The molecule has 0 spiro atoms. The quantitative estimate of drug-likeness (QED) is 0.559. The molecule has 29 heavy (non-hydrogen) atoms. The van der Waals surface area contributed by atoms with Crippen molar-refractivity contribution in [1.29, 1.82) is 0 Å². The van der Waals surface area contributed by atoms with Crippen LogP contribution >= 0.6 is 0 Å². The molecule has 5 heteroatoms. The van der Waals surface area contributed by atoms with Crippen LogP contribution in [-0.4, -0.2) is 50.8 Å². The summed E-state index contributed by atoms with van der Waals surface area (Å²) in [5, 5.41) is 6.89. The van der Waals surface area contributed by atoms with Crippen LogP contribution in [0.25, 0.3) is 0 Å². The second kappa shape index (κ2) is 10.4. The summed E-state index contributed by atoms with van der Waals surface area (Å²) < 4.78 is 5.42. The summed E-state index contributed by atoms with van der Waals surface area (Å²) in [6.45, 7) is 10.8. The van der Waals surface area contributed by atoms with Gasteiger partial charge in [-0.3, -0.25) is 9.89 Å². The summed E-state index contributed by atoms with van der Waals surface area (Å²) in [7, 11) is 1.82. The van der Waals surface area contributed by atoms with Gasteiger partial charge in [0.1, 0.15) is 0 Å². The lowest BCUT2D eigenvalue weighted by atomic mass is 9.85. The van der Waals surface area contributed by atoms with Crippen LogP contribution in [0.5, 0.6) is 0 Å². The monoisotopic (exact) mass is 394 g/mol. The lowest BCUT2D eigenvalue weighted by Gasteiger charge is -2.27. The molecule has 0 bridgehead atoms. The van der Waals surface area contributed by atoms with Crippen LogP contribution in [0.4, 0.5) is 0 Å². The second-order valence-corrected chi connectivity index (χ2v) is 8.23. The fraction of sp³-hybridized carbons (Fsp3) is 0.458. The van der Waals surface area contributed by atoms with Gasteiger partial charge in [-0.1, -0.05) is 68.4 Å². The molecule has 2 aromatic carbocycles. The highest BCUT2D eigenvalue weighted by Gasteiger charge is 2.20. The van der Waals surface area contributed by atoms with Crippen molar-refractivity contribution in [3.05, 3.63) is 71.3 Å². The second-order valence-electron chi connectivity index (χ2n) is 8.23. The van der Waals surface area contributed by atoms with Crippen LogP contribution in [0.1, 0.15) is 30.5 Å². The fourth-order valence-corrected chi connectivity index (χ4v) is 3.48. The van der Waals surface area contributed by atoms with E-state index in [9.17, 15) is 0 Å². The number of nitrogens with zero attached hydrogens (tertiary/aromatic N) is 2. The van der Waals surface area contributed by atoms with Gasteiger partial charge in [-0.25, -0.2) is 0 Å². The third-order valence-electron chi connectivity index (χ3n) is 5.47. The fourth-order valence-electron chi connectivity index (χ4n) is 3.48. The average Bonchev–Trinajstić information content (AvgIpc) is 2.76. The number of morpholine rings is 1. The molecule has 0 unspecified atom stereocenters. The van der Waals surface area contributed by atoms with Gasteiger partial charge in [-0.05, 0) is 16.7 Å². The summed E-state index contributed by atoms with van der Waals surface area (Å²) in [6, 6.07) is 19.4. The molecule has 1 saturated heterocycles. The Bertz CT molecular complexity index is 765. The van der Waals surface area contributed by atoms with E-state index in [2.05, 4.69) is 89.0 Å². The Labute approximate surface area is 175 Å². The highest BCUT2D eigenvalue weighted by molar-refractivity contribution is 5.79. The van der Waals surface area contributed by atoms with Crippen molar-refractivity contribution in [2.45, 2.75) is 32.4 Å². The van der Waals surface area contributed by atoms with Gasteiger partial charge in [-0.2, -0.15) is 0 Å². The van der Waals surface area contributed by atoms with Gasteiger partial charge in [0.15, 0.2) is 5.96 Å². The van der Waals surface area contributed by atoms with Crippen LogP contribution < -0.4 is 10.6 Å². The molecule has 2 aromatic rings. The highest BCUT2D eigenvalue weighted by Crippen LogP contribution is 2.21. The number of guanidine groups is 1. The molecule has 0 aromatic heterocycles. The molecular weight excluding hydrogens is 360 g/mol. The Morgan fingerprint density at radius 2 is 1.62 bits per heavy atom. The summed E-state index contributed by atoms with van der Waals surface area (Å²) >= 11 is 0. The number of hydrogen-bond donors (Lipinski definition) is 2. The van der Waals surface area contributed by atoms with Gasteiger partial charge >= 0.3 is 0 Å². The lowest BCUT2D eigenvalue weighted by Crippen LogP contribution is -2.43. The van der Waals surface area contributed by atoms with Crippen molar-refractivity contribution < 1.29 is 4.74 Å². The van der Waals surface area contributed by atoms with Crippen molar-refractivity contribution in [1.82, 2.24) is 15.5 Å². The van der Waals surface area contributed by atoms with Crippen molar-refractivity contribution in [2.75, 3.05) is 39.9 Å². The highest BCUT2D eigenvalue weighted by atomic mass is 16.5. The molecule has 0 saturated carbocycles. The minimum atomic E-state index is 0.0278. The first-order chi connectivity index (χ1) is 14.1. The predicted octanol–water partition coefficient (Wildman–Crippen LogP) is 3.16. The Kier molecular flexibility index (Phi) is 7.67. The number of aliphatic imine (C=N–C) groups is 1. The third kappa shape index (κ3) is 6.58. The Balaban J connectivity index is 1.46. The van der Waals surface area contributed by atoms with Crippen LogP contribution in [-0.2, 0) is 23.2 Å². The zero-order valence-corrected chi connectivity index (χ0v) is 17.9. The Hall–Kier alpha value is -2.37. The molecule has 0 aliphatic carbocycles. The lowest BCUT2D eigenvalue weighted by molar-refractivity contribution is 0.0342. The molecule has 0 amide bonds. The maximum Gasteiger partial charge on any atom is 0.191 e. The van der Waals surface area contributed by atoms with Crippen LogP contribution in [0.15, 0.2) is 59.6 Å². The van der Waals surface area contributed by atoms with E-state index in [-0.39, 0.29) is 5.41 Å². The van der Waals surface area contributed by atoms with E-state index >= 15 is 0 Å². The number of hydrogen-bond acceptors (Lipinski definition) is 3. The zero-order valence-electron chi connectivity index (χ0n) is 17.9. The Morgan fingerprint density at radius 3 is 2.28 bits per heavy atom.